The molecule has 1 saturated carbocycles. The number of piperazine rings is 1. The van der Waals surface area contributed by atoms with Crippen LogP contribution in [-0.2, 0) is 14.4 Å². The van der Waals surface area contributed by atoms with Gasteiger partial charge < -0.3 is 15.1 Å². The average Bonchev–Trinajstić information content (AvgIpc) is 2.74. The lowest BCUT2D eigenvalue weighted by Crippen LogP contribution is -2.52. The summed E-state index contributed by atoms with van der Waals surface area (Å²) in [5, 5.41) is 2.89. The lowest BCUT2D eigenvalue weighted by molar-refractivity contribution is -0.143. The number of carbonyl (C=O) groups excluding carboxylic acids is 3. The second kappa shape index (κ2) is 9.71. The van der Waals surface area contributed by atoms with Gasteiger partial charge in [0.25, 0.3) is 0 Å². The van der Waals surface area contributed by atoms with Gasteiger partial charge in [0.2, 0.25) is 17.7 Å². The van der Waals surface area contributed by atoms with Crippen LogP contribution in [-0.4, -0.2) is 53.7 Å². The Labute approximate surface area is 167 Å². The fourth-order valence-electron chi connectivity index (χ4n) is 4.27. The predicted molar refractivity (Wildman–Crippen MR) is 107 cm³/mol. The van der Waals surface area contributed by atoms with Crippen molar-refractivity contribution >= 4 is 17.7 Å². The topological polar surface area (TPSA) is 69.7 Å². The van der Waals surface area contributed by atoms with Gasteiger partial charge in [-0.1, -0.05) is 49.6 Å². The van der Waals surface area contributed by atoms with Gasteiger partial charge in [0, 0.05) is 39.0 Å². The minimum Gasteiger partial charge on any atom is -0.349 e. The highest BCUT2D eigenvalue weighted by atomic mass is 16.2. The molecular weight excluding hydrogens is 354 g/mol. The van der Waals surface area contributed by atoms with E-state index in [2.05, 4.69) is 5.32 Å². The zero-order valence-corrected chi connectivity index (χ0v) is 16.7. The quantitative estimate of drug-likeness (QED) is 0.847. The van der Waals surface area contributed by atoms with Crippen molar-refractivity contribution in [2.75, 3.05) is 26.2 Å². The standard InChI is InChI=1S/C22H31N3O3/c1-17(26)23-20(18-8-4-2-5-9-18)16-21(27)24-12-14-25(15-13-24)22(28)19-10-6-3-7-11-19/h2,4-5,8-9,19-20H,3,6-7,10-16H2,1H3,(H,23,26). The molecule has 1 N–H and O–H groups in total. The van der Waals surface area contributed by atoms with E-state index in [0.717, 1.165) is 31.2 Å². The van der Waals surface area contributed by atoms with Gasteiger partial charge in [-0.3, -0.25) is 14.4 Å². The molecule has 3 amide bonds. The third kappa shape index (κ3) is 5.33. The van der Waals surface area contributed by atoms with Crippen LogP contribution in [0, 0.1) is 5.92 Å². The maximum absolute atomic E-state index is 12.8. The molecule has 2 aliphatic rings. The van der Waals surface area contributed by atoms with E-state index in [0.29, 0.717) is 26.2 Å². The molecule has 0 radical (unpaired) electrons. The highest BCUT2D eigenvalue weighted by Gasteiger charge is 2.30. The first-order valence-corrected chi connectivity index (χ1v) is 10.4. The van der Waals surface area contributed by atoms with Crippen molar-refractivity contribution in [1.29, 1.82) is 0 Å². The molecule has 152 valence electrons. The van der Waals surface area contributed by atoms with Crippen LogP contribution in [0.3, 0.4) is 0 Å². The van der Waals surface area contributed by atoms with E-state index in [1.165, 1.54) is 13.3 Å². The van der Waals surface area contributed by atoms with E-state index in [4.69, 9.17) is 0 Å². The molecule has 3 rings (SSSR count). The lowest BCUT2D eigenvalue weighted by Gasteiger charge is -2.37. The molecule has 1 saturated heterocycles. The summed E-state index contributed by atoms with van der Waals surface area (Å²) >= 11 is 0. The fraction of sp³-hybridized carbons (Fsp3) is 0.591. The number of hydrogen-bond donors (Lipinski definition) is 1. The molecule has 1 aliphatic heterocycles. The van der Waals surface area contributed by atoms with Crippen molar-refractivity contribution < 1.29 is 14.4 Å². The number of nitrogens with zero attached hydrogens (tertiary/aromatic N) is 2. The summed E-state index contributed by atoms with van der Waals surface area (Å²) in [6.07, 6.45) is 5.79. The van der Waals surface area contributed by atoms with Gasteiger partial charge in [-0.2, -0.15) is 0 Å². The summed E-state index contributed by atoms with van der Waals surface area (Å²) in [4.78, 5) is 40.8. The Bertz CT molecular complexity index is 678. The van der Waals surface area contributed by atoms with Crippen LogP contribution in [0.15, 0.2) is 30.3 Å². The minimum atomic E-state index is -0.326. The highest BCUT2D eigenvalue weighted by molar-refractivity contribution is 5.81. The lowest BCUT2D eigenvalue weighted by atomic mass is 9.88. The molecule has 6 nitrogen and oxygen atoms in total. The number of rotatable bonds is 5. The number of amides is 3. The summed E-state index contributed by atoms with van der Waals surface area (Å²) in [5.41, 5.74) is 0.928. The Balaban J connectivity index is 1.53. The number of benzene rings is 1. The first-order chi connectivity index (χ1) is 13.5. The zero-order chi connectivity index (χ0) is 19.9. The SMILES string of the molecule is CC(=O)NC(CC(=O)N1CCN(C(=O)C2CCCCC2)CC1)c1ccccc1. The van der Waals surface area contributed by atoms with E-state index in [1.807, 2.05) is 40.1 Å². The summed E-state index contributed by atoms with van der Waals surface area (Å²) in [6, 6.07) is 9.25. The highest BCUT2D eigenvalue weighted by Crippen LogP contribution is 2.26. The van der Waals surface area contributed by atoms with Gasteiger partial charge in [0.05, 0.1) is 12.5 Å². The molecule has 0 aromatic heterocycles. The van der Waals surface area contributed by atoms with Crippen LogP contribution in [0.1, 0.15) is 57.1 Å². The van der Waals surface area contributed by atoms with Gasteiger partial charge in [-0.05, 0) is 18.4 Å². The van der Waals surface area contributed by atoms with Crippen molar-refractivity contribution in [2.45, 2.75) is 51.5 Å². The number of carbonyl (C=O) groups is 3. The Morgan fingerprint density at radius 2 is 1.57 bits per heavy atom. The Hall–Kier alpha value is -2.37. The molecule has 0 bridgehead atoms. The predicted octanol–water partition coefficient (Wildman–Crippen LogP) is 2.50. The third-order valence-electron chi connectivity index (χ3n) is 5.86. The van der Waals surface area contributed by atoms with E-state index in [-0.39, 0.29) is 36.1 Å². The van der Waals surface area contributed by atoms with Crippen LogP contribution in [0.2, 0.25) is 0 Å². The zero-order valence-electron chi connectivity index (χ0n) is 16.7. The molecule has 1 unspecified atom stereocenters. The summed E-state index contributed by atoms with van der Waals surface area (Å²) < 4.78 is 0. The van der Waals surface area contributed by atoms with E-state index in [9.17, 15) is 14.4 Å². The van der Waals surface area contributed by atoms with Crippen LogP contribution in [0.4, 0.5) is 0 Å². The smallest absolute Gasteiger partial charge is 0.225 e. The van der Waals surface area contributed by atoms with Gasteiger partial charge in [0.1, 0.15) is 0 Å². The molecule has 1 aliphatic carbocycles. The molecule has 1 aromatic rings. The number of hydrogen-bond acceptors (Lipinski definition) is 3. The molecule has 2 fully saturated rings. The Morgan fingerprint density at radius 3 is 2.18 bits per heavy atom. The maximum Gasteiger partial charge on any atom is 0.225 e. The van der Waals surface area contributed by atoms with E-state index < -0.39 is 0 Å². The Kier molecular flexibility index (Phi) is 7.06. The average molecular weight is 386 g/mol. The molecule has 28 heavy (non-hydrogen) atoms. The van der Waals surface area contributed by atoms with Crippen LogP contribution >= 0.6 is 0 Å². The Morgan fingerprint density at radius 1 is 0.964 bits per heavy atom. The summed E-state index contributed by atoms with van der Waals surface area (Å²) in [5.74, 6) is 0.322. The van der Waals surface area contributed by atoms with E-state index in [1.54, 1.807) is 0 Å². The molecule has 1 atom stereocenters. The van der Waals surface area contributed by atoms with Crippen LogP contribution < -0.4 is 5.32 Å². The summed E-state index contributed by atoms with van der Waals surface area (Å²) in [6.45, 7) is 3.82. The summed E-state index contributed by atoms with van der Waals surface area (Å²) in [7, 11) is 0. The van der Waals surface area contributed by atoms with Crippen LogP contribution in [0.5, 0.6) is 0 Å². The molecule has 0 spiro atoms. The van der Waals surface area contributed by atoms with Crippen molar-refractivity contribution in [3.05, 3.63) is 35.9 Å². The van der Waals surface area contributed by atoms with Crippen molar-refractivity contribution in [1.82, 2.24) is 15.1 Å². The first kappa shape index (κ1) is 20.4. The van der Waals surface area contributed by atoms with Crippen LogP contribution in [0.25, 0.3) is 0 Å². The van der Waals surface area contributed by atoms with Gasteiger partial charge in [-0.15, -0.1) is 0 Å². The van der Waals surface area contributed by atoms with Crippen molar-refractivity contribution in [3.63, 3.8) is 0 Å². The van der Waals surface area contributed by atoms with Gasteiger partial charge >= 0.3 is 0 Å². The van der Waals surface area contributed by atoms with Crippen molar-refractivity contribution in [2.24, 2.45) is 5.92 Å². The molecular formula is C22H31N3O3. The van der Waals surface area contributed by atoms with Gasteiger partial charge in [0.15, 0.2) is 0 Å². The molecule has 6 heteroatoms. The third-order valence-corrected chi connectivity index (χ3v) is 5.86. The second-order valence-corrected chi connectivity index (χ2v) is 7.91. The van der Waals surface area contributed by atoms with E-state index >= 15 is 0 Å². The number of nitrogens with one attached hydrogen (secondary N) is 1. The maximum atomic E-state index is 12.8. The largest absolute Gasteiger partial charge is 0.349 e. The second-order valence-electron chi connectivity index (χ2n) is 7.91. The monoisotopic (exact) mass is 385 g/mol. The molecule has 1 aromatic carbocycles. The fourth-order valence-corrected chi connectivity index (χ4v) is 4.27. The first-order valence-electron chi connectivity index (χ1n) is 10.4. The van der Waals surface area contributed by atoms with Crippen molar-refractivity contribution in [3.8, 4) is 0 Å². The molecule has 1 heterocycles. The van der Waals surface area contributed by atoms with Gasteiger partial charge in [-0.25, -0.2) is 0 Å². The minimum absolute atomic E-state index is 0.0207. The normalized spacial score (nSPS) is 19.2.